The lowest BCUT2D eigenvalue weighted by atomic mass is 10.2. The fraction of sp³-hybridized carbons (Fsp3) is 0.647. The Hall–Kier alpha value is -2.33. The van der Waals surface area contributed by atoms with E-state index in [0.717, 1.165) is 66.8 Å². The van der Waals surface area contributed by atoms with E-state index in [0.29, 0.717) is 19.0 Å². The van der Waals surface area contributed by atoms with Crippen LogP contribution in [0.5, 0.6) is 0 Å². The third kappa shape index (κ3) is 3.72. The third-order valence-electron chi connectivity index (χ3n) is 4.98. The number of nitrogens with zero attached hydrogens (tertiary/aromatic N) is 6. The molecule has 3 heterocycles. The Morgan fingerprint density at radius 3 is 2.81 bits per heavy atom. The maximum atomic E-state index is 13.2. The number of hydrazine groups is 1. The molecule has 0 unspecified atom stereocenters. The Labute approximate surface area is 157 Å². The molecule has 146 valence electrons. The van der Waals surface area contributed by atoms with Crippen molar-refractivity contribution in [2.24, 2.45) is 0 Å². The smallest absolute Gasteiger partial charge is 0.237 e. The van der Waals surface area contributed by atoms with Gasteiger partial charge in [0.15, 0.2) is 5.82 Å². The van der Waals surface area contributed by atoms with Crippen LogP contribution in [0.25, 0.3) is 0 Å². The molecule has 0 aromatic carbocycles. The third-order valence-corrected chi connectivity index (χ3v) is 4.98. The molecule has 9 nitrogen and oxygen atoms in total. The average Bonchev–Trinajstić information content (AvgIpc) is 3.34. The summed E-state index contributed by atoms with van der Waals surface area (Å²) in [5.41, 5.74) is 7.54. The summed E-state index contributed by atoms with van der Waals surface area (Å²) >= 11 is 0. The molecular formula is C17H26FN8O+. The number of quaternary nitrogens is 1. The monoisotopic (exact) mass is 377 g/mol. The molecular weight excluding hydrogens is 351 g/mol. The van der Waals surface area contributed by atoms with E-state index >= 15 is 0 Å². The van der Waals surface area contributed by atoms with Gasteiger partial charge >= 0.3 is 0 Å². The van der Waals surface area contributed by atoms with Crippen molar-refractivity contribution in [2.45, 2.75) is 52.0 Å². The van der Waals surface area contributed by atoms with Crippen molar-refractivity contribution in [3.8, 4) is 0 Å². The zero-order chi connectivity index (χ0) is 18.8. The molecule has 1 aliphatic heterocycles. The van der Waals surface area contributed by atoms with Crippen LogP contribution in [0.4, 0.5) is 21.7 Å². The summed E-state index contributed by atoms with van der Waals surface area (Å²) < 4.78 is 18.0. The first-order chi connectivity index (χ1) is 13.2. The molecule has 0 bridgehead atoms. The number of halogens is 1. The number of hydrogen-bond acceptors (Lipinski definition) is 8. The Morgan fingerprint density at radius 2 is 2.15 bits per heavy atom. The normalized spacial score (nSPS) is 16.0. The van der Waals surface area contributed by atoms with Gasteiger partial charge in [0.05, 0.1) is 6.54 Å². The van der Waals surface area contributed by atoms with Gasteiger partial charge < -0.3 is 4.90 Å². The summed E-state index contributed by atoms with van der Waals surface area (Å²) in [6.07, 6.45) is 4.27. The van der Waals surface area contributed by atoms with Gasteiger partial charge in [0.2, 0.25) is 11.5 Å². The average molecular weight is 377 g/mol. The van der Waals surface area contributed by atoms with Crippen LogP contribution in [0.15, 0.2) is 4.63 Å². The predicted molar refractivity (Wildman–Crippen MR) is 97.0 cm³/mol. The van der Waals surface area contributed by atoms with Gasteiger partial charge in [-0.15, -0.1) is 0 Å². The van der Waals surface area contributed by atoms with Gasteiger partial charge in [-0.3, -0.25) is 0 Å². The van der Waals surface area contributed by atoms with Crippen molar-refractivity contribution >= 4 is 17.3 Å². The number of hydrogen-bond donors (Lipinski definition) is 2. The number of unbranched alkanes of at least 4 members (excludes halogenated alkanes) is 1. The van der Waals surface area contributed by atoms with Crippen LogP contribution >= 0.6 is 0 Å². The molecule has 10 heteroatoms. The second-order valence-electron chi connectivity index (χ2n) is 7.10. The van der Waals surface area contributed by atoms with Crippen LogP contribution in [0.1, 0.15) is 55.7 Å². The van der Waals surface area contributed by atoms with Crippen molar-refractivity contribution in [3.63, 3.8) is 0 Å². The first-order valence-corrected chi connectivity index (χ1v) is 9.59. The molecule has 0 radical (unpaired) electrons. The highest BCUT2D eigenvalue weighted by molar-refractivity contribution is 5.72. The van der Waals surface area contributed by atoms with Crippen molar-refractivity contribution in [1.29, 1.82) is 0 Å². The molecule has 1 fully saturated rings. The number of nitrogens with one attached hydrogen (secondary N) is 1. The number of rotatable bonds is 9. The quantitative estimate of drug-likeness (QED) is 0.630. The zero-order valence-corrected chi connectivity index (χ0v) is 15.8. The second kappa shape index (κ2) is 7.73. The van der Waals surface area contributed by atoms with Gasteiger partial charge in [-0.2, -0.15) is 0 Å². The molecule has 1 aliphatic carbocycles. The maximum absolute atomic E-state index is 13.2. The van der Waals surface area contributed by atoms with Gasteiger partial charge in [0.25, 0.3) is 0 Å². The fourth-order valence-electron chi connectivity index (χ4n) is 3.20. The van der Waals surface area contributed by atoms with E-state index in [1.165, 1.54) is 0 Å². The minimum atomic E-state index is -0.401. The molecule has 1 saturated carbocycles. The summed E-state index contributed by atoms with van der Waals surface area (Å²) in [7, 11) is 0. The van der Waals surface area contributed by atoms with Gasteiger partial charge in [0, 0.05) is 19.0 Å². The molecule has 2 aromatic heterocycles. The van der Waals surface area contributed by atoms with E-state index in [4.69, 9.17) is 14.6 Å². The van der Waals surface area contributed by atoms with Crippen LogP contribution < -0.4 is 20.9 Å². The highest BCUT2D eigenvalue weighted by Gasteiger charge is 2.36. The Bertz CT molecular complexity index is 793. The van der Waals surface area contributed by atoms with Gasteiger partial charge in [-0.25, -0.2) is 29.4 Å². The minimum Gasteiger partial charge on any atom is -0.349 e. The lowest BCUT2D eigenvalue weighted by Gasteiger charge is -2.23. The molecule has 0 amide bonds. The number of anilines is 2. The van der Waals surface area contributed by atoms with E-state index in [1.54, 1.807) is 0 Å². The molecule has 2 aliphatic rings. The number of aromatic nitrogens is 4. The highest BCUT2D eigenvalue weighted by Crippen LogP contribution is 2.41. The summed E-state index contributed by atoms with van der Waals surface area (Å²) in [6.45, 7) is 5.21. The van der Waals surface area contributed by atoms with Crippen molar-refractivity contribution < 1.29 is 14.4 Å². The van der Waals surface area contributed by atoms with Crippen LogP contribution in [0.3, 0.4) is 0 Å². The van der Waals surface area contributed by atoms with Crippen LogP contribution in [0.2, 0.25) is 0 Å². The molecule has 0 spiro atoms. The van der Waals surface area contributed by atoms with E-state index in [-0.39, 0.29) is 0 Å². The SMILES string of the molecule is CCCCN(CCF)c1nc(C2CC2)nc2c1[NH2+]NN2Cc1nonc1C. The Kier molecular flexibility index (Phi) is 5.17. The van der Waals surface area contributed by atoms with Crippen LogP contribution in [0, 0.1) is 6.92 Å². The van der Waals surface area contributed by atoms with Crippen LogP contribution in [-0.4, -0.2) is 40.0 Å². The van der Waals surface area contributed by atoms with Gasteiger partial charge in [-0.05, 0) is 26.2 Å². The standard InChI is InChI=1S/C17H25FN8O/c1-3-4-8-25(9-7-18)16-14-17(20-15(19-16)12-5-6-12)26(24-21-14)10-13-11(2)22-27-23-13/h12,21,24H,3-10H2,1-2H3/p+1. The molecule has 0 atom stereocenters. The molecule has 2 aromatic rings. The fourth-order valence-corrected chi connectivity index (χ4v) is 3.20. The maximum Gasteiger partial charge on any atom is 0.237 e. The molecule has 4 rings (SSSR count). The number of fused-ring (bicyclic) bond motifs is 1. The zero-order valence-electron chi connectivity index (χ0n) is 15.8. The summed E-state index contributed by atoms with van der Waals surface area (Å²) in [6, 6.07) is 0. The number of aryl methyl sites for hydroxylation is 1. The van der Waals surface area contributed by atoms with E-state index in [9.17, 15) is 4.39 Å². The van der Waals surface area contributed by atoms with E-state index in [1.807, 2.05) is 22.3 Å². The van der Waals surface area contributed by atoms with Gasteiger partial charge in [0.1, 0.15) is 23.9 Å². The molecule has 0 saturated heterocycles. The van der Waals surface area contributed by atoms with E-state index in [2.05, 4.69) is 22.8 Å². The lowest BCUT2D eigenvalue weighted by Crippen LogP contribution is -2.88. The minimum absolute atomic E-state index is 0.341. The van der Waals surface area contributed by atoms with E-state index < -0.39 is 6.67 Å². The highest BCUT2D eigenvalue weighted by atomic mass is 19.1. The largest absolute Gasteiger partial charge is 0.349 e. The van der Waals surface area contributed by atoms with Crippen molar-refractivity contribution in [1.82, 2.24) is 25.8 Å². The van der Waals surface area contributed by atoms with Crippen molar-refractivity contribution in [3.05, 3.63) is 17.2 Å². The predicted octanol–water partition coefficient (Wildman–Crippen LogP) is 1.26. The summed E-state index contributed by atoms with van der Waals surface area (Å²) in [5.74, 6) is 2.88. The van der Waals surface area contributed by atoms with Gasteiger partial charge in [-0.1, -0.05) is 29.2 Å². The lowest BCUT2D eigenvalue weighted by molar-refractivity contribution is -0.625. The summed E-state index contributed by atoms with van der Waals surface area (Å²) in [5, 5.41) is 9.73. The topological polar surface area (TPSA) is 99.8 Å². The Balaban J connectivity index is 1.68. The summed E-state index contributed by atoms with van der Waals surface area (Å²) in [4.78, 5) is 11.7. The van der Waals surface area contributed by atoms with Crippen molar-refractivity contribution in [2.75, 3.05) is 29.7 Å². The number of nitrogens with two attached hydrogens (primary N) is 1. The second-order valence-corrected chi connectivity index (χ2v) is 7.10. The molecule has 3 N–H and O–H groups in total. The number of alkyl halides is 1. The van der Waals surface area contributed by atoms with Crippen LogP contribution in [-0.2, 0) is 6.54 Å². The first-order valence-electron chi connectivity index (χ1n) is 9.59. The Morgan fingerprint density at radius 1 is 1.30 bits per heavy atom. The molecule has 27 heavy (non-hydrogen) atoms. The first kappa shape index (κ1) is 18.1.